The summed E-state index contributed by atoms with van der Waals surface area (Å²) < 4.78 is 0. The van der Waals surface area contributed by atoms with Crippen molar-refractivity contribution in [3.05, 3.63) is 0 Å². The van der Waals surface area contributed by atoms with E-state index in [-0.39, 0.29) is 5.41 Å². The van der Waals surface area contributed by atoms with Crippen LogP contribution in [0.3, 0.4) is 0 Å². The molecule has 0 amide bonds. The first-order chi connectivity index (χ1) is 8.12. The molecule has 0 aliphatic heterocycles. The van der Waals surface area contributed by atoms with Gasteiger partial charge in [-0.05, 0) is 52.6 Å². The fourth-order valence-electron chi connectivity index (χ4n) is 1.71. The lowest BCUT2D eigenvalue weighted by Gasteiger charge is -2.14. The lowest BCUT2D eigenvalue weighted by molar-refractivity contribution is 0.282. The zero-order valence-electron chi connectivity index (χ0n) is 11.5. The Morgan fingerprint density at radius 3 is 2.18 bits per heavy atom. The van der Waals surface area contributed by atoms with E-state index in [1.807, 2.05) is 13.8 Å². The van der Waals surface area contributed by atoms with Gasteiger partial charge >= 0.3 is 0 Å². The van der Waals surface area contributed by atoms with Crippen LogP contribution in [0.15, 0.2) is 0 Å². The van der Waals surface area contributed by atoms with Gasteiger partial charge < -0.3 is 10.4 Å². The van der Waals surface area contributed by atoms with Gasteiger partial charge in [0.05, 0.1) is 11.5 Å². The van der Waals surface area contributed by atoms with Crippen LogP contribution in [0.1, 0.15) is 58.8 Å². The number of nitrogens with one attached hydrogen (secondary N) is 1. The predicted molar refractivity (Wildman–Crippen MR) is 71.7 cm³/mol. The molecule has 0 heterocycles. The number of hydrogen-bond donors (Lipinski definition) is 2. The molecule has 0 spiro atoms. The van der Waals surface area contributed by atoms with E-state index in [4.69, 9.17) is 10.4 Å². The predicted octanol–water partition coefficient (Wildman–Crippen LogP) is 2.85. The first kappa shape index (κ1) is 16.4. The van der Waals surface area contributed by atoms with Crippen LogP contribution in [0.2, 0.25) is 0 Å². The standard InChI is InChI=1S/C14H28N2O/c1-14(2,13-15)9-5-7-11-16-10-6-3-4-8-12-17/h16-17H,3-12H2,1-2H3. The minimum atomic E-state index is -0.162. The van der Waals surface area contributed by atoms with Crippen molar-refractivity contribution in [2.24, 2.45) is 5.41 Å². The molecule has 17 heavy (non-hydrogen) atoms. The lowest BCUT2D eigenvalue weighted by Crippen LogP contribution is -2.17. The van der Waals surface area contributed by atoms with Crippen molar-refractivity contribution in [2.75, 3.05) is 19.7 Å². The highest BCUT2D eigenvalue weighted by molar-refractivity contribution is 4.91. The van der Waals surface area contributed by atoms with Crippen LogP contribution in [-0.2, 0) is 0 Å². The number of aliphatic hydroxyl groups excluding tert-OH is 1. The number of unbranched alkanes of at least 4 members (excludes halogenated alkanes) is 4. The number of aliphatic hydroxyl groups is 1. The summed E-state index contributed by atoms with van der Waals surface area (Å²) in [6.45, 7) is 6.46. The van der Waals surface area contributed by atoms with Gasteiger partial charge in [0.15, 0.2) is 0 Å². The molecule has 0 bridgehead atoms. The first-order valence-electron chi connectivity index (χ1n) is 6.85. The maximum Gasteiger partial charge on any atom is 0.0683 e. The van der Waals surface area contributed by atoms with Crippen molar-refractivity contribution < 1.29 is 5.11 Å². The van der Waals surface area contributed by atoms with Crippen LogP contribution in [0.4, 0.5) is 0 Å². The third kappa shape index (κ3) is 11.7. The minimum Gasteiger partial charge on any atom is -0.396 e. The third-order valence-corrected chi connectivity index (χ3v) is 2.97. The second kappa shape index (κ2) is 10.6. The van der Waals surface area contributed by atoms with E-state index >= 15 is 0 Å². The van der Waals surface area contributed by atoms with Gasteiger partial charge in [-0.3, -0.25) is 0 Å². The van der Waals surface area contributed by atoms with Crippen LogP contribution in [0.5, 0.6) is 0 Å². The van der Waals surface area contributed by atoms with Gasteiger partial charge in [-0.2, -0.15) is 5.26 Å². The van der Waals surface area contributed by atoms with E-state index in [1.54, 1.807) is 0 Å². The van der Waals surface area contributed by atoms with E-state index in [0.29, 0.717) is 6.61 Å². The Morgan fingerprint density at radius 2 is 1.59 bits per heavy atom. The summed E-state index contributed by atoms with van der Waals surface area (Å²) >= 11 is 0. The fourth-order valence-corrected chi connectivity index (χ4v) is 1.71. The van der Waals surface area contributed by atoms with Crippen LogP contribution in [0, 0.1) is 16.7 Å². The van der Waals surface area contributed by atoms with Crippen molar-refractivity contribution >= 4 is 0 Å². The quantitative estimate of drug-likeness (QED) is 0.546. The summed E-state index contributed by atoms with van der Waals surface area (Å²) in [5.74, 6) is 0. The SMILES string of the molecule is CC(C)(C#N)CCCCNCCCCCCO. The lowest BCUT2D eigenvalue weighted by atomic mass is 9.89. The zero-order chi connectivity index (χ0) is 13.0. The molecule has 100 valence electrons. The Labute approximate surface area is 106 Å². The number of nitriles is 1. The Balaban J connectivity index is 3.12. The summed E-state index contributed by atoms with van der Waals surface area (Å²) in [6.07, 6.45) is 7.73. The molecule has 0 aromatic heterocycles. The summed E-state index contributed by atoms with van der Waals surface area (Å²) in [7, 11) is 0. The molecule has 0 radical (unpaired) electrons. The summed E-state index contributed by atoms with van der Waals surface area (Å²) in [5, 5.41) is 20.9. The third-order valence-electron chi connectivity index (χ3n) is 2.97. The molecular formula is C14H28N2O. The molecule has 0 unspecified atom stereocenters. The molecule has 0 aliphatic carbocycles. The smallest absolute Gasteiger partial charge is 0.0683 e. The Hall–Kier alpha value is -0.590. The molecule has 0 fully saturated rings. The number of hydrogen-bond acceptors (Lipinski definition) is 3. The normalized spacial score (nSPS) is 11.4. The van der Waals surface area contributed by atoms with Crippen molar-refractivity contribution in [1.29, 1.82) is 5.26 Å². The highest BCUT2D eigenvalue weighted by Crippen LogP contribution is 2.21. The molecule has 0 rings (SSSR count). The van der Waals surface area contributed by atoms with Crippen LogP contribution >= 0.6 is 0 Å². The molecule has 3 heteroatoms. The largest absolute Gasteiger partial charge is 0.396 e. The highest BCUT2D eigenvalue weighted by Gasteiger charge is 2.14. The van der Waals surface area contributed by atoms with E-state index in [2.05, 4.69) is 11.4 Å². The van der Waals surface area contributed by atoms with Gasteiger partial charge in [0.25, 0.3) is 0 Å². The van der Waals surface area contributed by atoms with E-state index < -0.39 is 0 Å². The number of rotatable bonds is 11. The van der Waals surface area contributed by atoms with Gasteiger partial charge in [0, 0.05) is 6.61 Å². The second-order valence-corrected chi connectivity index (χ2v) is 5.34. The summed E-state index contributed by atoms with van der Waals surface area (Å²) in [5.41, 5.74) is -0.162. The Bertz CT molecular complexity index is 209. The summed E-state index contributed by atoms with van der Waals surface area (Å²) in [6, 6.07) is 2.33. The van der Waals surface area contributed by atoms with Crippen LogP contribution in [-0.4, -0.2) is 24.8 Å². The van der Waals surface area contributed by atoms with Gasteiger partial charge in [-0.25, -0.2) is 0 Å². The zero-order valence-corrected chi connectivity index (χ0v) is 11.5. The monoisotopic (exact) mass is 240 g/mol. The molecule has 0 saturated carbocycles. The maximum absolute atomic E-state index is 8.85. The molecule has 0 atom stereocenters. The van der Waals surface area contributed by atoms with Crippen LogP contribution in [0.25, 0.3) is 0 Å². The van der Waals surface area contributed by atoms with Crippen molar-refractivity contribution in [1.82, 2.24) is 5.32 Å². The molecule has 2 N–H and O–H groups in total. The highest BCUT2D eigenvalue weighted by atomic mass is 16.2. The average molecular weight is 240 g/mol. The van der Waals surface area contributed by atoms with Crippen LogP contribution < -0.4 is 5.32 Å². The van der Waals surface area contributed by atoms with Gasteiger partial charge in [-0.15, -0.1) is 0 Å². The maximum atomic E-state index is 8.85. The van der Waals surface area contributed by atoms with Gasteiger partial charge in [0.2, 0.25) is 0 Å². The number of nitrogens with zero attached hydrogens (tertiary/aromatic N) is 1. The van der Waals surface area contributed by atoms with Crippen molar-refractivity contribution in [3.8, 4) is 6.07 Å². The van der Waals surface area contributed by atoms with E-state index in [1.165, 1.54) is 12.8 Å². The molecule has 0 aliphatic rings. The minimum absolute atomic E-state index is 0.162. The molecule has 0 aromatic rings. The fraction of sp³-hybridized carbons (Fsp3) is 0.929. The molecule has 0 saturated heterocycles. The molecule has 0 aromatic carbocycles. The average Bonchev–Trinajstić information content (AvgIpc) is 2.31. The molecule has 3 nitrogen and oxygen atoms in total. The van der Waals surface area contributed by atoms with E-state index in [9.17, 15) is 0 Å². The topological polar surface area (TPSA) is 56.0 Å². The van der Waals surface area contributed by atoms with Gasteiger partial charge in [0.1, 0.15) is 0 Å². The Morgan fingerprint density at radius 1 is 1.00 bits per heavy atom. The van der Waals surface area contributed by atoms with Crippen molar-refractivity contribution in [3.63, 3.8) is 0 Å². The summed E-state index contributed by atoms with van der Waals surface area (Å²) in [4.78, 5) is 0. The Kier molecular flexibility index (Phi) is 10.2. The van der Waals surface area contributed by atoms with Crippen molar-refractivity contribution in [2.45, 2.75) is 58.8 Å². The second-order valence-electron chi connectivity index (χ2n) is 5.34. The first-order valence-corrected chi connectivity index (χ1v) is 6.85. The van der Waals surface area contributed by atoms with E-state index in [0.717, 1.165) is 45.2 Å². The molecular weight excluding hydrogens is 212 g/mol. The van der Waals surface area contributed by atoms with Gasteiger partial charge in [-0.1, -0.05) is 19.3 Å².